The average Bonchev–Trinajstić information content (AvgIpc) is 3.10. The Morgan fingerprint density at radius 1 is 1.41 bits per heavy atom. The summed E-state index contributed by atoms with van der Waals surface area (Å²) in [6.45, 7) is 7.68. The van der Waals surface area contributed by atoms with Crippen LogP contribution < -0.4 is 10.2 Å². The van der Waals surface area contributed by atoms with Crippen LogP contribution in [0, 0.1) is 12.8 Å². The highest BCUT2D eigenvalue weighted by molar-refractivity contribution is 5.58. The van der Waals surface area contributed by atoms with E-state index in [1.807, 2.05) is 7.05 Å². The van der Waals surface area contributed by atoms with Crippen molar-refractivity contribution in [2.45, 2.75) is 39.7 Å². The molecule has 17 heavy (non-hydrogen) atoms. The summed E-state index contributed by atoms with van der Waals surface area (Å²) in [6, 6.07) is 0.690. The number of hydrogen-bond acceptors (Lipinski definition) is 4. The summed E-state index contributed by atoms with van der Waals surface area (Å²) >= 11 is 0. The molecule has 1 aliphatic carbocycles. The Kier molecular flexibility index (Phi) is 3.50. The minimum Gasteiger partial charge on any atom is -0.373 e. The largest absolute Gasteiger partial charge is 0.373 e. The third kappa shape index (κ3) is 2.68. The summed E-state index contributed by atoms with van der Waals surface area (Å²) < 4.78 is 0. The van der Waals surface area contributed by atoms with Gasteiger partial charge in [0.05, 0.1) is 0 Å². The first-order valence-electron chi connectivity index (χ1n) is 6.39. The Morgan fingerprint density at radius 3 is 2.65 bits per heavy atom. The summed E-state index contributed by atoms with van der Waals surface area (Å²) in [5.41, 5.74) is 1.16. The molecule has 1 aromatic heterocycles. The first-order valence-corrected chi connectivity index (χ1v) is 6.39. The van der Waals surface area contributed by atoms with Gasteiger partial charge in [-0.25, -0.2) is 9.97 Å². The van der Waals surface area contributed by atoms with Gasteiger partial charge in [0.2, 0.25) is 0 Å². The van der Waals surface area contributed by atoms with Crippen molar-refractivity contribution >= 4 is 11.6 Å². The molecule has 1 heterocycles. The quantitative estimate of drug-likeness (QED) is 0.849. The van der Waals surface area contributed by atoms with E-state index in [1.165, 1.54) is 12.8 Å². The van der Waals surface area contributed by atoms with Crippen LogP contribution in [0.5, 0.6) is 0 Å². The number of anilines is 2. The highest BCUT2D eigenvalue weighted by Gasteiger charge is 2.31. The molecule has 0 aromatic carbocycles. The highest BCUT2D eigenvalue weighted by atomic mass is 15.2. The van der Waals surface area contributed by atoms with E-state index in [1.54, 1.807) is 6.33 Å². The Labute approximate surface area is 103 Å². The maximum Gasteiger partial charge on any atom is 0.137 e. The number of aromatic nitrogens is 2. The molecule has 1 N–H and O–H groups in total. The predicted molar refractivity (Wildman–Crippen MR) is 71.5 cm³/mol. The van der Waals surface area contributed by atoms with Crippen molar-refractivity contribution in [2.75, 3.05) is 23.8 Å². The molecule has 94 valence electrons. The molecule has 0 atom stereocenters. The Bertz CT molecular complexity index is 385. The smallest absolute Gasteiger partial charge is 0.137 e. The molecule has 1 fully saturated rings. The predicted octanol–water partition coefficient (Wildman–Crippen LogP) is 2.45. The molecule has 0 aliphatic heterocycles. The molecule has 4 nitrogen and oxygen atoms in total. The lowest BCUT2D eigenvalue weighted by Crippen LogP contribution is -2.31. The molecule has 4 heteroatoms. The second kappa shape index (κ2) is 4.90. The zero-order valence-corrected chi connectivity index (χ0v) is 11.2. The molecule has 1 aliphatic rings. The third-order valence-corrected chi connectivity index (χ3v) is 3.12. The van der Waals surface area contributed by atoms with Crippen LogP contribution in [0.3, 0.4) is 0 Å². The van der Waals surface area contributed by atoms with Gasteiger partial charge in [0.1, 0.15) is 18.0 Å². The van der Waals surface area contributed by atoms with Crippen molar-refractivity contribution in [1.82, 2.24) is 9.97 Å². The number of nitrogens with zero attached hydrogens (tertiary/aromatic N) is 3. The van der Waals surface area contributed by atoms with Crippen molar-refractivity contribution in [3.63, 3.8) is 0 Å². The molecule has 1 aromatic rings. The Hall–Kier alpha value is -1.32. The van der Waals surface area contributed by atoms with E-state index in [0.29, 0.717) is 12.0 Å². The fraction of sp³-hybridized carbons (Fsp3) is 0.692. The lowest BCUT2D eigenvalue weighted by atomic mass is 10.2. The zero-order chi connectivity index (χ0) is 12.4. The van der Waals surface area contributed by atoms with Crippen molar-refractivity contribution in [3.8, 4) is 0 Å². The minimum absolute atomic E-state index is 0.656. The summed E-state index contributed by atoms with van der Waals surface area (Å²) in [4.78, 5) is 11.2. The molecular weight excluding hydrogens is 212 g/mol. The standard InChI is InChI=1S/C13H22N4/c1-9(2)7-17(11-5-6-11)13-10(3)12(14-4)15-8-16-13/h8-9,11H,5-7H2,1-4H3,(H,14,15,16). The second-order valence-electron chi connectivity index (χ2n) is 5.20. The molecule has 0 radical (unpaired) electrons. The van der Waals surface area contributed by atoms with Crippen molar-refractivity contribution in [2.24, 2.45) is 5.92 Å². The molecule has 0 bridgehead atoms. The van der Waals surface area contributed by atoms with Gasteiger partial charge in [-0.3, -0.25) is 0 Å². The normalized spacial score (nSPS) is 15.1. The van der Waals surface area contributed by atoms with Crippen LogP contribution in [0.4, 0.5) is 11.6 Å². The molecule has 0 spiro atoms. The van der Waals surface area contributed by atoms with Crippen LogP contribution in [0.2, 0.25) is 0 Å². The first-order chi connectivity index (χ1) is 8.13. The molecular formula is C13H22N4. The van der Waals surface area contributed by atoms with Gasteiger partial charge in [-0.1, -0.05) is 13.8 Å². The fourth-order valence-electron chi connectivity index (χ4n) is 2.17. The maximum absolute atomic E-state index is 4.48. The maximum atomic E-state index is 4.48. The van der Waals surface area contributed by atoms with E-state index in [2.05, 4.69) is 41.0 Å². The molecule has 2 rings (SSSR count). The van der Waals surface area contributed by atoms with E-state index < -0.39 is 0 Å². The van der Waals surface area contributed by atoms with Crippen molar-refractivity contribution in [1.29, 1.82) is 0 Å². The monoisotopic (exact) mass is 234 g/mol. The van der Waals surface area contributed by atoms with Crippen LogP contribution in [0.1, 0.15) is 32.3 Å². The minimum atomic E-state index is 0.656. The fourth-order valence-corrected chi connectivity index (χ4v) is 2.17. The average molecular weight is 234 g/mol. The number of nitrogens with one attached hydrogen (secondary N) is 1. The summed E-state index contributed by atoms with van der Waals surface area (Å²) in [6.07, 6.45) is 4.25. The summed E-state index contributed by atoms with van der Waals surface area (Å²) in [7, 11) is 1.91. The van der Waals surface area contributed by atoms with Crippen LogP contribution in [0.25, 0.3) is 0 Å². The second-order valence-corrected chi connectivity index (χ2v) is 5.20. The van der Waals surface area contributed by atoms with Crippen LogP contribution in [-0.2, 0) is 0 Å². The summed E-state index contributed by atoms with van der Waals surface area (Å²) in [5, 5.41) is 3.13. The Balaban J connectivity index is 2.28. The van der Waals surface area contributed by atoms with Crippen LogP contribution in [-0.4, -0.2) is 29.6 Å². The SMILES string of the molecule is CNc1ncnc(N(CC(C)C)C2CC2)c1C. The lowest BCUT2D eigenvalue weighted by Gasteiger charge is -2.27. The highest BCUT2D eigenvalue weighted by Crippen LogP contribution is 2.34. The van der Waals surface area contributed by atoms with Gasteiger partial charge < -0.3 is 10.2 Å². The van der Waals surface area contributed by atoms with Gasteiger partial charge in [0.25, 0.3) is 0 Å². The first kappa shape index (κ1) is 12.1. The van der Waals surface area contributed by atoms with E-state index >= 15 is 0 Å². The van der Waals surface area contributed by atoms with Crippen LogP contribution in [0.15, 0.2) is 6.33 Å². The number of rotatable bonds is 5. The molecule has 1 saturated carbocycles. The topological polar surface area (TPSA) is 41.1 Å². The van der Waals surface area contributed by atoms with Gasteiger partial charge in [-0.05, 0) is 25.7 Å². The van der Waals surface area contributed by atoms with Gasteiger partial charge in [-0.2, -0.15) is 0 Å². The van der Waals surface area contributed by atoms with E-state index in [0.717, 1.165) is 23.7 Å². The molecule has 0 amide bonds. The van der Waals surface area contributed by atoms with E-state index in [9.17, 15) is 0 Å². The van der Waals surface area contributed by atoms with E-state index in [4.69, 9.17) is 0 Å². The van der Waals surface area contributed by atoms with E-state index in [-0.39, 0.29) is 0 Å². The lowest BCUT2D eigenvalue weighted by molar-refractivity contribution is 0.601. The zero-order valence-electron chi connectivity index (χ0n) is 11.2. The van der Waals surface area contributed by atoms with Crippen LogP contribution >= 0.6 is 0 Å². The third-order valence-electron chi connectivity index (χ3n) is 3.12. The van der Waals surface area contributed by atoms with Crippen molar-refractivity contribution in [3.05, 3.63) is 11.9 Å². The van der Waals surface area contributed by atoms with Gasteiger partial charge in [-0.15, -0.1) is 0 Å². The summed E-state index contributed by atoms with van der Waals surface area (Å²) in [5.74, 6) is 2.69. The van der Waals surface area contributed by atoms with Gasteiger partial charge >= 0.3 is 0 Å². The number of hydrogen-bond donors (Lipinski definition) is 1. The van der Waals surface area contributed by atoms with Gasteiger partial charge in [0, 0.05) is 25.2 Å². The van der Waals surface area contributed by atoms with Gasteiger partial charge in [0.15, 0.2) is 0 Å². The van der Waals surface area contributed by atoms with Crippen molar-refractivity contribution < 1.29 is 0 Å². The molecule has 0 saturated heterocycles. The Morgan fingerprint density at radius 2 is 2.12 bits per heavy atom. The molecule has 0 unspecified atom stereocenters.